The fraction of sp³-hybridized carbons (Fsp3) is 0.350. The summed E-state index contributed by atoms with van der Waals surface area (Å²) in [7, 11) is 0. The van der Waals surface area contributed by atoms with Crippen molar-refractivity contribution >= 4 is 17.3 Å². The van der Waals surface area contributed by atoms with E-state index in [1.165, 1.54) is 11.1 Å². The Labute approximate surface area is 143 Å². The van der Waals surface area contributed by atoms with E-state index in [2.05, 4.69) is 48.3 Å². The molecule has 0 bridgehead atoms. The zero-order valence-electron chi connectivity index (χ0n) is 14.3. The largest absolute Gasteiger partial charge is 0.399 e. The summed E-state index contributed by atoms with van der Waals surface area (Å²) >= 11 is 0. The Kier molecular flexibility index (Phi) is 4.86. The van der Waals surface area contributed by atoms with Crippen molar-refractivity contribution in [1.29, 1.82) is 0 Å². The highest BCUT2D eigenvalue weighted by Crippen LogP contribution is 2.24. The van der Waals surface area contributed by atoms with Crippen LogP contribution in [0.5, 0.6) is 0 Å². The van der Waals surface area contributed by atoms with E-state index >= 15 is 0 Å². The lowest BCUT2D eigenvalue weighted by molar-refractivity contribution is -0.123. The molecule has 1 aliphatic heterocycles. The molecule has 1 heterocycles. The molecule has 0 saturated heterocycles. The minimum atomic E-state index is -0.143. The minimum Gasteiger partial charge on any atom is -0.399 e. The van der Waals surface area contributed by atoms with Crippen LogP contribution in [0.3, 0.4) is 0 Å². The second-order valence-electron chi connectivity index (χ2n) is 6.79. The van der Waals surface area contributed by atoms with Crippen LogP contribution in [0.25, 0.3) is 0 Å². The van der Waals surface area contributed by atoms with Gasteiger partial charge in [-0.1, -0.05) is 38.1 Å². The van der Waals surface area contributed by atoms with E-state index in [0.717, 1.165) is 25.2 Å². The Bertz CT molecular complexity index is 709. The molecule has 1 aliphatic rings. The SMILES string of the molecule is CC(C)C(C(=O)Nc1ccc(N)cc1)N1CCc2ccccc2C1. The van der Waals surface area contributed by atoms with Gasteiger partial charge in [-0.05, 0) is 47.7 Å². The molecule has 0 spiro atoms. The maximum Gasteiger partial charge on any atom is 0.242 e. The van der Waals surface area contributed by atoms with Gasteiger partial charge in [-0.25, -0.2) is 0 Å². The first-order valence-electron chi connectivity index (χ1n) is 8.52. The predicted octanol–water partition coefficient (Wildman–Crippen LogP) is 3.29. The number of hydrogen-bond donors (Lipinski definition) is 2. The number of nitrogens with zero attached hydrogens (tertiary/aromatic N) is 1. The number of hydrogen-bond acceptors (Lipinski definition) is 3. The summed E-state index contributed by atoms with van der Waals surface area (Å²) in [6.07, 6.45) is 0.995. The van der Waals surface area contributed by atoms with Gasteiger partial charge in [0.05, 0.1) is 6.04 Å². The van der Waals surface area contributed by atoms with Gasteiger partial charge >= 0.3 is 0 Å². The van der Waals surface area contributed by atoms with Crippen LogP contribution in [0.2, 0.25) is 0 Å². The molecule has 1 atom stereocenters. The molecule has 0 saturated carbocycles. The number of benzene rings is 2. The lowest BCUT2D eigenvalue weighted by atomic mass is 9.94. The second-order valence-corrected chi connectivity index (χ2v) is 6.79. The van der Waals surface area contributed by atoms with Crippen molar-refractivity contribution in [3.63, 3.8) is 0 Å². The summed E-state index contributed by atoms with van der Waals surface area (Å²) in [6.45, 7) is 5.95. The fourth-order valence-electron chi connectivity index (χ4n) is 3.43. The molecule has 3 rings (SSSR count). The lowest BCUT2D eigenvalue weighted by Crippen LogP contribution is -2.49. The number of amides is 1. The van der Waals surface area contributed by atoms with Crippen molar-refractivity contribution in [1.82, 2.24) is 4.90 Å². The standard InChI is InChI=1S/C20H25N3O/c1-14(2)19(20(24)22-18-9-7-17(21)8-10-18)23-12-11-15-5-3-4-6-16(15)13-23/h3-10,14,19H,11-13,21H2,1-2H3,(H,22,24). The monoisotopic (exact) mass is 323 g/mol. The number of rotatable bonds is 4. The Morgan fingerprint density at radius 1 is 1.08 bits per heavy atom. The normalized spacial score (nSPS) is 15.8. The third-order valence-electron chi connectivity index (χ3n) is 4.63. The fourth-order valence-corrected chi connectivity index (χ4v) is 3.43. The number of carbonyl (C=O) groups excluding carboxylic acids is 1. The van der Waals surface area contributed by atoms with Crippen LogP contribution in [0, 0.1) is 5.92 Å². The number of nitrogens with one attached hydrogen (secondary N) is 1. The molecule has 4 nitrogen and oxygen atoms in total. The van der Waals surface area contributed by atoms with Gasteiger partial charge in [0.2, 0.25) is 5.91 Å². The molecule has 126 valence electrons. The zero-order valence-corrected chi connectivity index (χ0v) is 14.3. The van der Waals surface area contributed by atoms with Gasteiger partial charge in [0.25, 0.3) is 0 Å². The molecule has 4 heteroatoms. The zero-order chi connectivity index (χ0) is 17.1. The summed E-state index contributed by atoms with van der Waals surface area (Å²) < 4.78 is 0. The van der Waals surface area contributed by atoms with E-state index in [-0.39, 0.29) is 17.9 Å². The molecule has 1 amide bonds. The molecule has 2 aromatic rings. The van der Waals surface area contributed by atoms with Crippen molar-refractivity contribution in [2.75, 3.05) is 17.6 Å². The first kappa shape index (κ1) is 16.5. The number of carbonyl (C=O) groups is 1. The topological polar surface area (TPSA) is 58.4 Å². The van der Waals surface area contributed by atoms with Crippen LogP contribution in [0.1, 0.15) is 25.0 Å². The summed E-state index contributed by atoms with van der Waals surface area (Å²) in [5.74, 6) is 0.290. The summed E-state index contributed by atoms with van der Waals surface area (Å²) in [5, 5.41) is 3.04. The lowest BCUT2D eigenvalue weighted by Gasteiger charge is -2.36. The quantitative estimate of drug-likeness (QED) is 0.849. The van der Waals surface area contributed by atoms with Crippen molar-refractivity contribution in [3.05, 3.63) is 59.7 Å². The minimum absolute atomic E-state index is 0.0501. The Hall–Kier alpha value is -2.33. The van der Waals surface area contributed by atoms with Gasteiger partial charge in [-0.2, -0.15) is 0 Å². The number of fused-ring (bicyclic) bond motifs is 1. The Balaban J connectivity index is 1.75. The van der Waals surface area contributed by atoms with E-state index in [1.807, 2.05) is 12.1 Å². The van der Waals surface area contributed by atoms with Gasteiger partial charge in [-0.15, -0.1) is 0 Å². The molecule has 0 aliphatic carbocycles. The second kappa shape index (κ2) is 7.05. The molecule has 2 aromatic carbocycles. The summed E-state index contributed by atoms with van der Waals surface area (Å²) in [5.41, 5.74) is 9.92. The van der Waals surface area contributed by atoms with Crippen molar-refractivity contribution in [3.8, 4) is 0 Å². The van der Waals surface area contributed by atoms with Crippen molar-refractivity contribution in [2.45, 2.75) is 32.9 Å². The van der Waals surface area contributed by atoms with E-state index < -0.39 is 0 Å². The van der Waals surface area contributed by atoms with Crippen molar-refractivity contribution in [2.24, 2.45) is 5.92 Å². The van der Waals surface area contributed by atoms with Gasteiger partial charge < -0.3 is 11.1 Å². The summed E-state index contributed by atoms with van der Waals surface area (Å²) in [6, 6.07) is 15.7. The molecule has 24 heavy (non-hydrogen) atoms. The van der Waals surface area contributed by atoms with Crippen LogP contribution in [0.15, 0.2) is 48.5 Å². The molecule has 0 fully saturated rings. The van der Waals surface area contributed by atoms with Crippen LogP contribution in [-0.4, -0.2) is 23.4 Å². The maximum atomic E-state index is 12.9. The number of nitrogens with two attached hydrogens (primary N) is 1. The van der Waals surface area contributed by atoms with Crippen LogP contribution in [0.4, 0.5) is 11.4 Å². The smallest absolute Gasteiger partial charge is 0.242 e. The predicted molar refractivity (Wildman–Crippen MR) is 98.7 cm³/mol. The summed E-state index contributed by atoms with van der Waals surface area (Å²) in [4.78, 5) is 15.2. The van der Waals surface area contributed by atoms with Gasteiger partial charge in [0.15, 0.2) is 0 Å². The molecule has 3 N–H and O–H groups in total. The Morgan fingerprint density at radius 2 is 1.75 bits per heavy atom. The van der Waals surface area contributed by atoms with E-state index in [9.17, 15) is 4.79 Å². The highest BCUT2D eigenvalue weighted by molar-refractivity contribution is 5.95. The molecular formula is C20H25N3O. The molecular weight excluding hydrogens is 298 g/mol. The van der Waals surface area contributed by atoms with Crippen molar-refractivity contribution < 1.29 is 4.79 Å². The third-order valence-corrected chi connectivity index (χ3v) is 4.63. The van der Waals surface area contributed by atoms with E-state index in [1.54, 1.807) is 12.1 Å². The van der Waals surface area contributed by atoms with Crippen LogP contribution in [-0.2, 0) is 17.8 Å². The highest BCUT2D eigenvalue weighted by Gasteiger charge is 2.31. The van der Waals surface area contributed by atoms with Crippen LogP contribution >= 0.6 is 0 Å². The average Bonchev–Trinajstić information content (AvgIpc) is 2.56. The average molecular weight is 323 g/mol. The van der Waals surface area contributed by atoms with Gasteiger partial charge in [-0.3, -0.25) is 9.69 Å². The Morgan fingerprint density at radius 3 is 2.42 bits per heavy atom. The number of nitrogen functional groups attached to an aromatic ring is 1. The number of anilines is 2. The highest BCUT2D eigenvalue weighted by atomic mass is 16.2. The molecule has 0 aromatic heterocycles. The first-order chi connectivity index (χ1) is 11.5. The molecule has 0 radical (unpaired) electrons. The van der Waals surface area contributed by atoms with Crippen LogP contribution < -0.4 is 11.1 Å². The third kappa shape index (κ3) is 3.60. The van der Waals surface area contributed by atoms with Gasteiger partial charge in [0.1, 0.15) is 0 Å². The maximum absolute atomic E-state index is 12.9. The van der Waals surface area contributed by atoms with E-state index in [0.29, 0.717) is 5.69 Å². The molecule has 1 unspecified atom stereocenters. The van der Waals surface area contributed by atoms with E-state index in [4.69, 9.17) is 5.73 Å². The first-order valence-corrected chi connectivity index (χ1v) is 8.52. The van der Waals surface area contributed by atoms with Gasteiger partial charge in [0, 0.05) is 24.5 Å².